The summed E-state index contributed by atoms with van der Waals surface area (Å²) in [5.74, 6) is 1.49. The second-order valence-corrected chi connectivity index (χ2v) is 3.80. The SMILES string of the molecule is C=C1Oc2cc(C=S)c(C(=S)NC)cc2O1. The van der Waals surface area contributed by atoms with Crippen molar-refractivity contribution < 1.29 is 9.47 Å². The Morgan fingerprint density at radius 3 is 2.56 bits per heavy atom. The minimum absolute atomic E-state index is 0.262. The van der Waals surface area contributed by atoms with Gasteiger partial charge in [-0.2, -0.15) is 0 Å². The third-order valence-corrected chi connectivity index (χ3v) is 2.84. The number of rotatable bonds is 2. The molecule has 0 saturated carbocycles. The van der Waals surface area contributed by atoms with Crippen molar-refractivity contribution in [3.63, 3.8) is 0 Å². The molecule has 1 aromatic rings. The summed E-state index contributed by atoms with van der Waals surface area (Å²) in [5, 5.41) is 4.46. The van der Waals surface area contributed by atoms with Gasteiger partial charge in [-0.15, -0.1) is 0 Å². The Morgan fingerprint density at radius 2 is 2.00 bits per heavy atom. The first-order chi connectivity index (χ1) is 7.65. The molecule has 0 radical (unpaired) electrons. The highest BCUT2D eigenvalue weighted by molar-refractivity contribution is 7.81. The Morgan fingerprint density at radius 1 is 1.38 bits per heavy atom. The summed E-state index contributed by atoms with van der Waals surface area (Å²) >= 11 is 10.1. The van der Waals surface area contributed by atoms with Crippen LogP contribution in [0.4, 0.5) is 0 Å². The van der Waals surface area contributed by atoms with Crippen LogP contribution in [-0.2, 0) is 0 Å². The van der Waals surface area contributed by atoms with Crippen LogP contribution in [0.25, 0.3) is 0 Å². The maximum atomic E-state index is 5.29. The van der Waals surface area contributed by atoms with Crippen molar-refractivity contribution in [3.05, 3.63) is 35.8 Å². The number of nitrogens with one attached hydrogen (secondary N) is 1. The van der Waals surface area contributed by atoms with Crippen LogP contribution >= 0.6 is 24.4 Å². The van der Waals surface area contributed by atoms with Crippen molar-refractivity contribution in [2.75, 3.05) is 7.05 Å². The van der Waals surface area contributed by atoms with Crippen LogP contribution in [0.2, 0.25) is 0 Å². The van der Waals surface area contributed by atoms with Crippen LogP contribution in [0.3, 0.4) is 0 Å². The zero-order chi connectivity index (χ0) is 11.7. The Labute approximate surface area is 104 Å². The fraction of sp³-hybridized carbons (Fsp3) is 0.0909. The lowest BCUT2D eigenvalue weighted by Crippen LogP contribution is -2.18. The van der Waals surface area contributed by atoms with Crippen molar-refractivity contribution >= 4 is 34.8 Å². The molecule has 0 unspecified atom stereocenters. The maximum Gasteiger partial charge on any atom is 0.282 e. The molecule has 0 bridgehead atoms. The largest absolute Gasteiger partial charge is 0.422 e. The predicted molar refractivity (Wildman–Crippen MR) is 70.4 cm³/mol. The van der Waals surface area contributed by atoms with Crippen molar-refractivity contribution in [1.82, 2.24) is 5.32 Å². The third kappa shape index (κ3) is 1.79. The summed E-state index contributed by atoms with van der Waals surface area (Å²) in [6, 6.07) is 3.59. The molecule has 16 heavy (non-hydrogen) atoms. The number of benzene rings is 1. The summed E-state index contributed by atoms with van der Waals surface area (Å²) in [5.41, 5.74) is 1.65. The first-order valence-corrected chi connectivity index (χ1v) is 5.43. The molecule has 0 spiro atoms. The molecule has 1 aliphatic rings. The Kier molecular flexibility index (Phi) is 2.89. The molecule has 5 heteroatoms. The van der Waals surface area contributed by atoms with Gasteiger partial charge in [-0.05, 0) is 24.3 Å². The fourth-order valence-corrected chi connectivity index (χ4v) is 1.80. The summed E-state index contributed by atoms with van der Waals surface area (Å²) in [6.07, 6.45) is 0. The van der Waals surface area contributed by atoms with Crippen molar-refractivity contribution in [2.45, 2.75) is 0 Å². The molecule has 0 amide bonds. The second kappa shape index (κ2) is 4.19. The van der Waals surface area contributed by atoms with E-state index in [1.54, 1.807) is 24.5 Å². The molecular weight excluding hydrogens is 242 g/mol. The summed E-state index contributed by atoms with van der Waals surface area (Å²) in [7, 11) is 1.76. The molecule has 3 nitrogen and oxygen atoms in total. The van der Waals surface area contributed by atoms with Gasteiger partial charge in [-0.1, -0.05) is 24.4 Å². The zero-order valence-electron chi connectivity index (χ0n) is 8.57. The highest BCUT2D eigenvalue weighted by Gasteiger charge is 2.20. The van der Waals surface area contributed by atoms with Crippen molar-refractivity contribution in [3.8, 4) is 11.5 Å². The third-order valence-electron chi connectivity index (χ3n) is 2.16. The molecule has 1 aliphatic heterocycles. The van der Waals surface area contributed by atoms with E-state index in [0.717, 1.165) is 11.1 Å². The smallest absolute Gasteiger partial charge is 0.282 e. The molecule has 2 rings (SSSR count). The topological polar surface area (TPSA) is 30.5 Å². The standard InChI is InChI=1S/C11H9NO2S2/c1-6-13-9-3-7(5-15)8(11(16)12-2)4-10(9)14-6/h3-5H,1H2,2H3,(H,12,16). The van der Waals surface area contributed by atoms with Crippen LogP contribution in [-0.4, -0.2) is 17.4 Å². The van der Waals surface area contributed by atoms with Gasteiger partial charge in [0.15, 0.2) is 11.5 Å². The number of hydrogen-bond donors (Lipinski definition) is 1. The van der Waals surface area contributed by atoms with Gasteiger partial charge in [-0.3, -0.25) is 0 Å². The van der Waals surface area contributed by atoms with E-state index in [-0.39, 0.29) is 5.95 Å². The lowest BCUT2D eigenvalue weighted by atomic mass is 10.1. The number of ether oxygens (including phenoxy) is 2. The molecule has 0 aliphatic carbocycles. The zero-order valence-corrected chi connectivity index (χ0v) is 10.2. The highest BCUT2D eigenvalue weighted by Crippen LogP contribution is 2.37. The molecule has 1 aromatic carbocycles. The molecule has 0 saturated heterocycles. The summed E-state index contributed by atoms with van der Waals surface area (Å²) < 4.78 is 10.6. The quantitative estimate of drug-likeness (QED) is 0.814. The Hall–Kier alpha value is -1.46. The van der Waals surface area contributed by atoms with E-state index >= 15 is 0 Å². The monoisotopic (exact) mass is 251 g/mol. The number of thiocarbonyl (C=S) groups is 2. The van der Waals surface area contributed by atoms with Gasteiger partial charge in [-0.25, -0.2) is 0 Å². The van der Waals surface area contributed by atoms with Crippen LogP contribution in [0.15, 0.2) is 24.7 Å². The highest BCUT2D eigenvalue weighted by atomic mass is 32.1. The molecule has 0 fully saturated rings. The van der Waals surface area contributed by atoms with Crippen LogP contribution in [0, 0.1) is 0 Å². The normalized spacial score (nSPS) is 12.4. The molecular formula is C11H9NO2S2. The van der Waals surface area contributed by atoms with Crippen LogP contribution in [0.5, 0.6) is 11.5 Å². The lowest BCUT2D eigenvalue weighted by molar-refractivity contribution is 0.290. The number of fused-ring (bicyclic) bond motifs is 1. The van der Waals surface area contributed by atoms with E-state index in [9.17, 15) is 0 Å². The van der Waals surface area contributed by atoms with Gasteiger partial charge >= 0.3 is 0 Å². The van der Waals surface area contributed by atoms with E-state index in [1.807, 2.05) is 0 Å². The lowest BCUT2D eigenvalue weighted by Gasteiger charge is -2.07. The van der Waals surface area contributed by atoms with E-state index < -0.39 is 0 Å². The maximum absolute atomic E-state index is 5.29. The van der Waals surface area contributed by atoms with E-state index in [4.69, 9.17) is 33.9 Å². The van der Waals surface area contributed by atoms with Gasteiger partial charge in [0.2, 0.25) is 0 Å². The molecule has 82 valence electrons. The minimum Gasteiger partial charge on any atom is -0.422 e. The van der Waals surface area contributed by atoms with Gasteiger partial charge in [0, 0.05) is 18.0 Å². The van der Waals surface area contributed by atoms with Gasteiger partial charge < -0.3 is 14.8 Å². The molecule has 1 heterocycles. The van der Waals surface area contributed by atoms with Crippen molar-refractivity contribution in [2.24, 2.45) is 0 Å². The second-order valence-electron chi connectivity index (χ2n) is 3.16. The van der Waals surface area contributed by atoms with Crippen LogP contribution < -0.4 is 14.8 Å². The van der Waals surface area contributed by atoms with E-state index in [0.29, 0.717) is 16.5 Å². The van der Waals surface area contributed by atoms with Gasteiger partial charge in [0.25, 0.3) is 5.95 Å². The first-order valence-electron chi connectivity index (χ1n) is 4.55. The fourth-order valence-electron chi connectivity index (χ4n) is 1.43. The molecule has 1 N–H and O–H groups in total. The van der Waals surface area contributed by atoms with E-state index in [2.05, 4.69) is 11.9 Å². The minimum atomic E-state index is 0.262. The summed E-state index contributed by atoms with van der Waals surface area (Å²) in [6.45, 7) is 3.59. The Balaban J connectivity index is 2.54. The average Bonchev–Trinajstić information content (AvgIpc) is 2.65. The molecule has 0 aromatic heterocycles. The Bertz CT molecular complexity index is 497. The number of hydrogen-bond acceptors (Lipinski definition) is 4. The summed E-state index contributed by atoms with van der Waals surface area (Å²) in [4.78, 5) is 0.611. The van der Waals surface area contributed by atoms with E-state index in [1.165, 1.54) is 0 Å². The molecule has 0 atom stereocenters. The van der Waals surface area contributed by atoms with Gasteiger partial charge in [0.1, 0.15) is 4.99 Å². The van der Waals surface area contributed by atoms with Crippen molar-refractivity contribution in [1.29, 1.82) is 0 Å². The first kappa shape index (κ1) is 11.0. The van der Waals surface area contributed by atoms with Gasteiger partial charge in [0.05, 0.1) is 0 Å². The average molecular weight is 251 g/mol. The van der Waals surface area contributed by atoms with Crippen LogP contribution in [0.1, 0.15) is 11.1 Å². The predicted octanol–water partition coefficient (Wildman–Crippen LogP) is 2.17.